The average molecular weight is 286 g/mol. The zero-order valence-corrected chi connectivity index (χ0v) is 13.3. The summed E-state index contributed by atoms with van der Waals surface area (Å²) in [6.07, 6.45) is 8.18. The van der Waals surface area contributed by atoms with Crippen molar-refractivity contribution >= 4 is 11.9 Å². The molecule has 0 aliphatic rings. The lowest BCUT2D eigenvalue weighted by Crippen LogP contribution is -2.22. The van der Waals surface area contributed by atoms with Gasteiger partial charge in [0, 0.05) is 12.8 Å². The fourth-order valence-electron chi connectivity index (χ4n) is 1.85. The molecular weight excluding hydrogens is 256 g/mol. The van der Waals surface area contributed by atoms with E-state index in [1.165, 1.54) is 25.7 Å². The molecule has 0 spiro atoms. The van der Waals surface area contributed by atoms with Gasteiger partial charge in [0.1, 0.15) is 12.7 Å². The fraction of sp³-hybridized carbons (Fsp3) is 0.875. The zero-order valence-electron chi connectivity index (χ0n) is 13.3. The van der Waals surface area contributed by atoms with Crippen molar-refractivity contribution in [2.45, 2.75) is 84.7 Å². The van der Waals surface area contributed by atoms with Crippen LogP contribution in [0.25, 0.3) is 0 Å². The van der Waals surface area contributed by atoms with Crippen molar-refractivity contribution in [3.63, 3.8) is 0 Å². The minimum atomic E-state index is -0.359. The molecule has 0 aliphatic carbocycles. The first-order chi connectivity index (χ1) is 9.60. The number of unbranched alkanes of at least 4 members (excludes halogenated alkanes) is 5. The van der Waals surface area contributed by atoms with Gasteiger partial charge in [-0.05, 0) is 19.8 Å². The minimum Gasteiger partial charge on any atom is -0.462 e. The highest BCUT2D eigenvalue weighted by molar-refractivity contribution is 5.70. The summed E-state index contributed by atoms with van der Waals surface area (Å²) in [5.41, 5.74) is 0. The molecule has 0 saturated carbocycles. The average Bonchev–Trinajstić information content (AvgIpc) is 2.40. The summed E-state index contributed by atoms with van der Waals surface area (Å²) in [5.74, 6) is -0.425. The lowest BCUT2D eigenvalue weighted by Gasteiger charge is -2.13. The Morgan fingerprint density at radius 2 is 1.50 bits per heavy atom. The molecule has 0 aliphatic heterocycles. The highest BCUT2D eigenvalue weighted by Crippen LogP contribution is 2.08. The molecule has 0 fully saturated rings. The first-order valence-electron chi connectivity index (χ1n) is 7.95. The molecule has 0 heterocycles. The SMILES string of the molecule is CCCCCCCCC(=O)OCC(C)OC(=O)CCC. The molecule has 1 atom stereocenters. The Labute approximate surface area is 123 Å². The summed E-state index contributed by atoms with van der Waals surface area (Å²) in [7, 11) is 0. The number of esters is 2. The third kappa shape index (κ3) is 12.0. The summed E-state index contributed by atoms with van der Waals surface area (Å²) in [6, 6.07) is 0. The molecule has 1 unspecified atom stereocenters. The van der Waals surface area contributed by atoms with Gasteiger partial charge in [-0.3, -0.25) is 9.59 Å². The van der Waals surface area contributed by atoms with E-state index in [0.29, 0.717) is 12.8 Å². The topological polar surface area (TPSA) is 52.6 Å². The number of rotatable bonds is 12. The molecule has 0 saturated heterocycles. The maximum absolute atomic E-state index is 11.5. The van der Waals surface area contributed by atoms with E-state index in [1.54, 1.807) is 6.92 Å². The monoisotopic (exact) mass is 286 g/mol. The van der Waals surface area contributed by atoms with Crippen LogP contribution < -0.4 is 0 Å². The third-order valence-electron chi connectivity index (χ3n) is 3.00. The normalized spacial score (nSPS) is 11.9. The van der Waals surface area contributed by atoms with Crippen molar-refractivity contribution in [2.75, 3.05) is 6.61 Å². The van der Waals surface area contributed by atoms with Crippen molar-refractivity contribution in [3.05, 3.63) is 0 Å². The van der Waals surface area contributed by atoms with Crippen LogP contribution in [0.3, 0.4) is 0 Å². The standard InChI is InChI=1S/C16H30O4/c1-4-6-7-8-9-10-12-15(17)19-13-14(3)20-16(18)11-5-2/h14H,4-13H2,1-3H3. The smallest absolute Gasteiger partial charge is 0.306 e. The van der Waals surface area contributed by atoms with Crippen LogP contribution in [-0.4, -0.2) is 24.6 Å². The van der Waals surface area contributed by atoms with E-state index in [4.69, 9.17) is 9.47 Å². The zero-order chi connectivity index (χ0) is 15.2. The molecular formula is C16H30O4. The second-order valence-electron chi connectivity index (χ2n) is 5.25. The first-order valence-corrected chi connectivity index (χ1v) is 7.95. The predicted octanol–water partition coefficient (Wildman–Crippen LogP) is 4.01. The van der Waals surface area contributed by atoms with Gasteiger partial charge in [0.25, 0.3) is 0 Å². The molecule has 0 aromatic heterocycles. The maximum atomic E-state index is 11.5. The van der Waals surface area contributed by atoms with Crippen molar-refractivity contribution in [2.24, 2.45) is 0 Å². The molecule has 4 nitrogen and oxygen atoms in total. The molecule has 0 N–H and O–H groups in total. The van der Waals surface area contributed by atoms with E-state index in [-0.39, 0.29) is 24.6 Å². The largest absolute Gasteiger partial charge is 0.462 e. The molecule has 0 aromatic rings. The van der Waals surface area contributed by atoms with E-state index in [2.05, 4.69) is 6.92 Å². The molecule has 0 radical (unpaired) electrons. The van der Waals surface area contributed by atoms with Crippen LogP contribution in [0.2, 0.25) is 0 Å². The second-order valence-corrected chi connectivity index (χ2v) is 5.25. The first kappa shape index (κ1) is 18.9. The highest BCUT2D eigenvalue weighted by atomic mass is 16.6. The lowest BCUT2D eigenvalue weighted by molar-refractivity contribution is -0.158. The van der Waals surface area contributed by atoms with Crippen molar-refractivity contribution in [1.29, 1.82) is 0 Å². The van der Waals surface area contributed by atoms with Gasteiger partial charge in [-0.25, -0.2) is 0 Å². The van der Waals surface area contributed by atoms with Crippen molar-refractivity contribution in [1.82, 2.24) is 0 Å². The molecule has 0 aromatic carbocycles. The molecule has 0 amide bonds. The van der Waals surface area contributed by atoms with Gasteiger partial charge >= 0.3 is 11.9 Å². The Morgan fingerprint density at radius 3 is 2.15 bits per heavy atom. The van der Waals surface area contributed by atoms with Crippen molar-refractivity contribution in [3.8, 4) is 0 Å². The van der Waals surface area contributed by atoms with Gasteiger partial charge in [0.15, 0.2) is 0 Å². The Hall–Kier alpha value is -1.06. The number of hydrogen-bond acceptors (Lipinski definition) is 4. The Morgan fingerprint density at radius 1 is 0.850 bits per heavy atom. The van der Waals surface area contributed by atoms with E-state index in [0.717, 1.165) is 19.3 Å². The molecule has 4 heteroatoms. The Balaban J connectivity index is 3.49. The molecule has 118 valence electrons. The summed E-state index contributed by atoms with van der Waals surface area (Å²) in [5, 5.41) is 0. The molecule has 0 rings (SSSR count). The number of carbonyl (C=O) groups excluding carboxylic acids is 2. The van der Waals surface area contributed by atoms with Gasteiger partial charge in [-0.15, -0.1) is 0 Å². The van der Waals surface area contributed by atoms with Crippen LogP contribution in [0.1, 0.15) is 78.6 Å². The summed E-state index contributed by atoms with van der Waals surface area (Å²) >= 11 is 0. The number of carbonyl (C=O) groups is 2. The fourth-order valence-corrected chi connectivity index (χ4v) is 1.85. The van der Waals surface area contributed by atoms with Crippen molar-refractivity contribution < 1.29 is 19.1 Å². The van der Waals surface area contributed by atoms with Gasteiger partial charge in [0.2, 0.25) is 0 Å². The van der Waals surface area contributed by atoms with Crippen LogP contribution in [0.4, 0.5) is 0 Å². The number of hydrogen-bond donors (Lipinski definition) is 0. The van der Waals surface area contributed by atoms with Crippen LogP contribution >= 0.6 is 0 Å². The number of ether oxygens (including phenoxy) is 2. The molecule has 0 bridgehead atoms. The highest BCUT2D eigenvalue weighted by Gasteiger charge is 2.11. The van der Waals surface area contributed by atoms with Crippen LogP contribution in [0, 0.1) is 0 Å². The lowest BCUT2D eigenvalue weighted by atomic mass is 10.1. The molecule has 20 heavy (non-hydrogen) atoms. The van der Waals surface area contributed by atoms with E-state index in [9.17, 15) is 9.59 Å². The van der Waals surface area contributed by atoms with E-state index >= 15 is 0 Å². The van der Waals surface area contributed by atoms with E-state index in [1.807, 2.05) is 6.92 Å². The summed E-state index contributed by atoms with van der Waals surface area (Å²) < 4.78 is 10.2. The van der Waals surface area contributed by atoms with Gasteiger partial charge in [0.05, 0.1) is 0 Å². The quantitative estimate of drug-likeness (QED) is 0.402. The summed E-state index contributed by atoms with van der Waals surface area (Å²) in [4.78, 5) is 22.7. The van der Waals surface area contributed by atoms with Crippen LogP contribution in [0.5, 0.6) is 0 Å². The second kappa shape index (κ2) is 12.9. The van der Waals surface area contributed by atoms with Crippen LogP contribution in [0.15, 0.2) is 0 Å². The third-order valence-corrected chi connectivity index (χ3v) is 3.00. The van der Waals surface area contributed by atoms with Gasteiger partial charge < -0.3 is 9.47 Å². The van der Waals surface area contributed by atoms with Gasteiger partial charge in [-0.1, -0.05) is 46.0 Å². The Kier molecular flexibility index (Phi) is 12.3. The summed E-state index contributed by atoms with van der Waals surface area (Å²) in [6.45, 7) is 6.01. The van der Waals surface area contributed by atoms with Gasteiger partial charge in [-0.2, -0.15) is 0 Å². The maximum Gasteiger partial charge on any atom is 0.306 e. The van der Waals surface area contributed by atoms with E-state index < -0.39 is 0 Å². The Bertz CT molecular complexity index is 263. The predicted molar refractivity (Wildman–Crippen MR) is 79.4 cm³/mol. The minimum absolute atomic E-state index is 0.157. The van der Waals surface area contributed by atoms with Crippen LogP contribution in [-0.2, 0) is 19.1 Å².